The van der Waals surface area contributed by atoms with Crippen LogP contribution in [0.3, 0.4) is 0 Å². The van der Waals surface area contributed by atoms with Crippen molar-refractivity contribution in [2.45, 2.75) is 39.3 Å². The van der Waals surface area contributed by atoms with E-state index in [9.17, 15) is 18.0 Å². The molecule has 1 atom stereocenters. The van der Waals surface area contributed by atoms with Crippen molar-refractivity contribution in [2.24, 2.45) is 0 Å². The number of nitrogens with one attached hydrogen (secondary N) is 1. The van der Waals surface area contributed by atoms with Crippen LogP contribution < -0.4 is 9.62 Å². The average Bonchev–Trinajstić information content (AvgIpc) is 2.74. The number of unbranched alkanes of at least 4 members (excludes halogenated alkanes) is 1. The Bertz CT molecular complexity index is 1080. The maximum Gasteiger partial charge on any atom is 0.244 e. The lowest BCUT2D eigenvalue weighted by Crippen LogP contribution is -2.51. The molecule has 33 heavy (non-hydrogen) atoms. The van der Waals surface area contributed by atoms with Crippen LogP contribution >= 0.6 is 31.9 Å². The van der Waals surface area contributed by atoms with Gasteiger partial charge in [0, 0.05) is 22.0 Å². The molecule has 0 aliphatic carbocycles. The molecule has 180 valence electrons. The van der Waals surface area contributed by atoms with E-state index in [2.05, 4.69) is 37.2 Å². The summed E-state index contributed by atoms with van der Waals surface area (Å²) < 4.78 is 27.7. The van der Waals surface area contributed by atoms with Crippen LogP contribution in [0, 0.1) is 0 Å². The molecule has 2 aromatic carbocycles. The molecule has 2 rings (SSSR count). The zero-order valence-electron chi connectivity index (χ0n) is 18.9. The van der Waals surface area contributed by atoms with Crippen LogP contribution in [0.4, 0.5) is 5.69 Å². The molecule has 0 aromatic heterocycles. The van der Waals surface area contributed by atoms with Gasteiger partial charge in [-0.2, -0.15) is 0 Å². The van der Waals surface area contributed by atoms with Gasteiger partial charge in [-0.15, -0.1) is 0 Å². The molecule has 2 amide bonds. The summed E-state index contributed by atoms with van der Waals surface area (Å²) >= 11 is 6.77. The maximum atomic E-state index is 13.4. The Labute approximate surface area is 212 Å². The largest absolute Gasteiger partial charge is 0.354 e. The highest BCUT2D eigenvalue weighted by atomic mass is 79.9. The minimum atomic E-state index is -3.75. The monoisotopic (exact) mass is 601 g/mol. The first kappa shape index (κ1) is 27.3. The smallest absolute Gasteiger partial charge is 0.244 e. The van der Waals surface area contributed by atoms with Crippen molar-refractivity contribution in [3.8, 4) is 0 Å². The predicted molar refractivity (Wildman–Crippen MR) is 138 cm³/mol. The lowest BCUT2D eigenvalue weighted by Gasteiger charge is -2.31. The molecular formula is C23H29Br2N3O4S. The van der Waals surface area contributed by atoms with Crippen molar-refractivity contribution in [3.05, 3.63) is 63.0 Å². The summed E-state index contributed by atoms with van der Waals surface area (Å²) in [4.78, 5) is 27.6. The third-order valence-corrected chi connectivity index (χ3v) is 7.14. The molecule has 7 nitrogen and oxygen atoms in total. The minimum absolute atomic E-state index is 0.163. The van der Waals surface area contributed by atoms with E-state index >= 15 is 0 Å². The second-order valence-corrected chi connectivity index (χ2v) is 11.5. The second-order valence-electron chi connectivity index (χ2n) is 7.72. The summed E-state index contributed by atoms with van der Waals surface area (Å²) in [5.41, 5.74) is 1.18. The van der Waals surface area contributed by atoms with E-state index in [1.165, 1.54) is 4.90 Å². The van der Waals surface area contributed by atoms with Crippen LogP contribution in [-0.4, -0.2) is 50.5 Å². The Morgan fingerprint density at radius 1 is 1.06 bits per heavy atom. The van der Waals surface area contributed by atoms with Crippen molar-refractivity contribution < 1.29 is 18.0 Å². The number of amides is 2. The molecule has 0 radical (unpaired) electrons. The maximum absolute atomic E-state index is 13.4. The third-order valence-electron chi connectivity index (χ3n) is 5.01. The molecule has 10 heteroatoms. The van der Waals surface area contributed by atoms with Crippen LogP contribution in [-0.2, 0) is 26.2 Å². The summed E-state index contributed by atoms with van der Waals surface area (Å²) in [7, 11) is -3.75. The van der Waals surface area contributed by atoms with Crippen LogP contribution in [0.25, 0.3) is 0 Å². The molecule has 0 spiro atoms. The van der Waals surface area contributed by atoms with Crippen LogP contribution in [0.15, 0.2) is 57.5 Å². The van der Waals surface area contributed by atoms with Gasteiger partial charge in [-0.25, -0.2) is 8.42 Å². The Morgan fingerprint density at radius 3 is 2.27 bits per heavy atom. The quantitative estimate of drug-likeness (QED) is 0.388. The fourth-order valence-corrected chi connectivity index (χ4v) is 4.87. The predicted octanol–water partition coefficient (Wildman–Crippen LogP) is 4.31. The van der Waals surface area contributed by atoms with Gasteiger partial charge in [0.25, 0.3) is 0 Å². The van der Waals surface area contributed by atoms with Gasteiger partial charge in [0.1, 0.15) is 12.6 Å². The van der Waals surface area contributed by atoms with E-state index in [0.29, 0.717) is 16.7 Å². The molecule has 0 saturated carbocycles. The van der Waals surface area contributed by atoms with E-state index < -0.39 is 28.5 Å². The molecule has 0 bridgehead atoms. The van der Waals surface area contributed by atoms with Gasteiger partial charge in [0.05, 0.1) is 11.9 Å². The molecule has 0 saturated heterocycles. The number of sulfonamides is 1. The lowest BCUT2D eigenvalue weighted by molar-refractivity contribution is -0.139. The Balaban J connectivity index is 2.34. The first-order chi connectivity index (χ1) is 15.5. The number of rotatable bonds is 11. The average molecular weight is 603 g/mol. The highest BCUT2D eigenvalue weighted by Crippen LogP contribution is 2.23. The zero-order valence-corrected chi connectivity index (χ0v) is 22.9. The number of halogens is 2. The number of anilines is 1. The first-order valence-electron chi connectivity index (χ1n) is 10.6. The zero-order chi connectivity index (χ0) is 24.6. The molecule has 0 heterocycles. The number of hydrogen-bond acceptors (Lipinski definition) is 4. The SMILES string of the molecule is CCCCNC(=O)C(C)N(Cc1cccc(Br)c1)C(=O)CN(c1cccc(Br)c1)S(C)(=O)=O. The van der Waals surface area contributed by atoms with Crippen molar-refractivity contribution >= 4 is 59.4 Å². The second kappa shape index (κ2) is 12.5. The Kier molecular flexibility index (Phi) is 10.4. The van der Waals surface area contributed by atoms with E-state index in [-0.39, 0.29) is 12.5 Å². The van der Waals surface area contributed by atoms with Gasteiger partial charge < -0.3 is 10.2 Å². The number of carbonyl (C=O) groups excluding carboxylic acids is 2. The first-order valence-corrected chi connectivity index (χ1v) is 14.0. The Morgan fingerprint density at radius 2 is 1.70 bits per heavy atom. The van der Waals surface area contributed by atoms with Crippen molar-refractivity contribution in [1.29, 1.82) is 0 Å². The molecule has 0 aliphatic rings. The van der Waals surface area contributed by atoms with Gasteiger partial charge in [-0.1, -0.05) is 63.4 Å². The number of nitrogens with zero attached hydrogens (tertiary/aromatic N) is 2. The molecule has 2 aromatic rings. The van der Waals surface area contributed by atoms with Gasteiger partial charge in [0.2, 0.25) is 21.8 Å². The molecule has 0 fully saturated rings. The molecule has 1 N–H and O–H groups in total. The highest BCUT2D eigenvalue weighted by Gasteiger charge is 2.30. The van der Waals surface area contributed by atoms with Crippen molar-refractivity contribution in [1.82, 2.24) is 10.2 Å². The molecule has 0 aliphatic heterocycles. The lowest BCUT2D eigenvalue weighted by atomic mass is 10.1. The normalized spacial score (nSPS) is 12.2. The summed E-state index contributed by atoms with van der Waals surface area (Å²) in [6.07, 6.45) is 2.83. The summed E-state index contributed by atoms with van der Waals surface area (Å²) in [6, 6.07) is 13.4. The third kappa shape index (κ3) is 8.42. The fraction of sp³-hybridized carbons (Fsp3) is 0.391. The van der Waals surface area contributed by atoms with Crippen LogP contribution in [0.1, 0.15) is 32.3 Å². The fourth-order valence-electron chi connectivity index (χ4n) is 3.20. The number of carbonyl (C=O) groups is 2. The summed E-state index contributed by atoms with van der Waals surface area (Å²) in [5.74, 6) is -0.751. The summed E-state index contributed by atoms with van der Waals surface area (Å²) in [6.45, 7) is 3.94. The number of benzene rings is 2. The Hall–Kier alpha value is -1.91. The van der Waals surface area contributed by atoms with E-state index in [4.69, 9.17) is 0 Å². The van der Waals surface area contributed by atoms with Gasteiger partial charge in [0.15, 0.2) is 0 Å². The topological polar surface area (TPSA) is 86.8 Å². The van der Waals surface area contributed by atoms with E-state index in [0.717, 1.165) is 33.4 Å². The van der Waals surface area contributed by atoms with Gasteiger partial charge in [-0.3, -0.25) is 13.9 Å². The highest BCUT2D eigenvalue weighted by molar-refractivity contribution is 9.10. The van der Waals surface area contributed by atoms with Gasteiger partial charge in [-0.05, 0) is 49.2 Å². The van der Waals surface area contributed by atoms with E-state index in [1.807, 2.05) is 31.2 Å². The molecule has 1 unspecified atom stereocenters. The molecular weight excluding hydrogens is 574 g/mol. The van der Waals surface area contributed by atoms with E-state index in [1.54, 1.807) is 31.2 Å². The number of hydrogen-bond donors (Lipinski definition) is 1. The summed E-state index contributed by atoms with van der Waals surface area (Å²) in [5, 5.41) is 2.86. The van der Waals surface area contributed by atoms with Crippen molar-refractivity contribution in [3.63, 3.8) is 0 Å². The standard InChI is InChI=1S/C23H29Br2N3O4S/c1-4-5-12-26-23(30)17(2)27(15-18-8-6-9-19(24)13-18)22(29)16-28(33(3,31)32)21-11-7-10-20(25)14-21/h6-11,13-14,17H,4-5,12,15-16H2,1-3H3,(H,26,30). The minimum Gasteiger partial charge on any atom is -0.354 e. The van der Waals surface area contributed by atoms with Gasteiger partial charge >= 0.3 is 0 Å². The van der Waals surface area contributed by atoms with Crippen molar-refractivity contribution in [2.75, 3.05) is 23.7 Å². The van der Waals surface area contributed by atoms with Crippen LogP contribution in [0.5, 0.6) is 0 Å². The van der Waals surface area contributed by atoms with Crippen LogP contribution in [0.2, 0.25) is 0 Å².